The number of furan rings is 1. The molecule has 0 aliphatic carbocycles. The van der Waals surface area contributed by atoms with Gasteiger partial charge in [0.1, 0.15) is 11.6 Å². The summed E-state index contributed by atoms with van der Waals surface area (Å²) in [5.74, 6) is 0.660. The molecule has 0 bridgehead atoms. The number of para-hydroxylation sites is 3. The van der Waals surface area contributed by atoms with E-state index in [-0.39, 0.29) is 6.04 Å². The zero-order valence-corrected chi connectivity index (χ0v) is 18.3. The Morgan fingerprint density at radius 3 is 2.36 bits per heavy atom. The van der Waals surface area contributed by atoms with E-state index < -0.39 is 0 Å². The van der Waals surface area contributed by atoms with Gasteiger partial charge in [-0.1, -0.05) is 60.7 Å². The summed E-state index contributed by atoms with van der Waals surface area (Å²) in [4.78, 5) is 4.77. The van der Waals surface area contributed by atoms with E-state index in [1.54, 1.807) is 0 Å². The van der Waals surface area contributed by atoms with Crippen molar-refractivity contribution < 1.29 is 4.42 Å². The van der Waals surface area contributed by atoms with Gasteiger partial charge in [-0.25, -0.2) is 4.99 Å². The van der Waals surface area contributed by atoms with E-state index >= 15 is 0 Å². The predicted octanol–water partition coefficient (Wildman–Crippen LogP) is 7.64. The number of hydrogen-bond acceptors (Lipinski definition) is 3. The smallest absolute Gasteiger partial charge is 0.206 e. The molecule has 33 heavy (non-hydrogen) atoms. The first-order valence-electron chi connectivity index (χ1n) is 10.9. The second-order valence-corrected chi connectivity index (χ2v) is 8.61. The summed E-state index contributed by atoms with van der Waals surface area (Å²) >= 11 is 6.39. The van der Waals surface area contributed by atoms with E-state index in [0.29, 0.717) is 11.2 Å². The largest absolute Gasteiger partial charge is 0.440 e. The molecule has 7 rings (SSSR count). The van der Waals surface area contributed by atoms with Crippen LogP contribution in [0.5, 0.6) is 0 Å². The highest BCUT2D eigenvalue weighted by atomic mass is 35.5. The summed E-state index contributed by atoms with van der Waals surface area (Å²) in [6.07, 6.45) is 0. The van der Waals surface area contributed by atoms with Crippen LogP contribution in [0, 0.1) is 0 Å². The lowest BCUT2D eigenvalue weighted by atomic mass is 9.95. The number of benzene rings is 4. The second kappa shape index (κ2) is 6.99. The molecule has 0 radical (unpaired) electrons. The fraction of sp³-hybridized carbons (Fsp3) is 0.0357. The molecule has 4 nitrogen and oxygen atoms in total. The monoisotopic (exact) mass is 447 g/mol. The molecule has 0 amide bonds. The van der Waals surface area contributed by atoms with Gasteiger partial charge in [0.15, 0.2) is 5.29 Å². The number of halogens is 1. The zero-order valence-electron chi connectivity index (χ0n) is 17.5. The van der Waals surface area contributed by atoms with Crippen LogP contribution in [0.3, 0.4) is 0 Å². The first-order chi connectivity index (χ1) is 16.3. The third-order valence-corrected chi connectivity index (χ3v) is 6.59. The number of amidine groups is 1. The molecular weight excluding hydrogens is 430 g/mol. The molecule has 3 heterocycles. The van der Waals surface area contributed by atoms with Crippen molar-refractivity contribution in [2.45, 2.75) is 6.04 Å². The standard InChI is InChI=1S/C28H18ClN3O/c29-28-30-26(25-20-11-5-7-13-24(20)33-27(25)31-28)17-14-15-23-21(16-17)19-10-4-6-12-22(19)32(23)18-8-2-1-3-9-18/h1-16,26H,(H,30,31). The Balaban J connectivity index is 1.50. The van der Waals surface area contributed by atoms with Gasteiger partial charge in [0, 0.05) is 21.8 Å². The highest BCUT2D eigenvalue weighted by Crippen LogP contribution is 2.43. The van der Waals surface area contributed by atoms with Crippen molar-refractivity contribution in [3.63, 3.8) is 0 Å². The molecule has 0 spiro atoms. The Hall–Kier alpha value is -4.02. The van der Waals surface area contributed by atoms with Crippen LogP contribution in [0.1, 0.15) is 17.2 Å². The quantitative estimate of drug-likeness (QED) is 0.277. The molecule has 5 heteroatoms. The summed E-state index contributed by atoms with van der Waals surface area (Å²) in [5.41, 5.74) is 6.39. The van der Waals surface area contributed by atoms with Crippen LogP contribution in [-0.2, 0) is 0 Å². The van der Waals surface area contributed by atoms with Gasteiger partial charge in [-0.3, -0.25) is 0 Å². The number of aliphatic imine (C=N–C) groups is 1. The van der Waals surface area contributed by atoms with Crippen LogP contribution in [0.2, 0.25) is 0 Å². The first-order valence-corrected chi connectivity index (χ1v) is 11.3. The predicted molar refractivity (Wildman–Crippen MR) is 136 cm³/mol. The fourth-order valence-electron chi connectivity index (χ4n) is 4.99. The minimum absolute atomic E-state index is 0.249. The Labute approximate surface area is 194 Å². The molecule has 158 valence electrons. The van der Waals surface area contributed by atoms with Crippen molar-refractivity contribution >= 4 is 55.6 Å². The van der Waals surface area contributed by atoms with Crippen LogP contribution in [0.15, 0.2) is 106 Å². The van der Waals surface area contributed by atoms with E-state index in [2.05, 4.69) is 82.7 Å². The molecule has 0 saturated heterocycles. The minimum atomic E-state index is -0.249. The Morgan fingerprint density at radius 2 is 1.48 bits per heavy atom. The normalized spacial score (nSPS) is 15.5. The SMILES string of the molecule is ClC1=NC(c2ccc3c(c2)c2ccccc2n3-c2ccccc2)c2c(oc3ccccc23)N1. The third kappa shape index (κ3) is 2.74. The Morgan fingerprint density at radius 1 is 0.758 bits per heavy atom. The molecular formula is C28H18ClN3O. The van der Waals surface area contributed by atoms with E-state index in [4.69, 9.17) is 21.0 Å². The number of fused-ring (bicyclic) bond motifs is 6. The van der Waals surface area contributed by atoms with Crippen LogP contribution in [0.4, 0.5) is 5.88 Å². The van der Waals surface area contributed by atoms with Crippen LogP contribution < -0.4 is 5.32 Å². The third-order valence-electron chi connectivity index (χ3n) is 6.39. The maximum atomic E-state index is 6.39. The van der Waals surface area contributed by atoms with Crippen molar-refractivity contribution in [3.8, 4) is 5.69 Å². The molecule has 1 N–H and O–H groups in total. The second-order valence-electron chi connectivity index (χ2n) is 8.25. The molecule has 1 aliphatic heterocycles. The molecule has 1 aliphatic rings. The highest BCUT2D eigenvalue weighted by Gasteiger charge is 2.29. The van der Waals surface area contributed by atoms with Gasteiger partial charge in [0.05, 0.1) is 16.6 Å². The summed E-state index contributed by atoms with van der Waals surface area (Å²) in [5, 5.41) is 6.86. The molecule has 4 aromatic carbocycles. The van der Waals surface area contributed by atoms with Gasteiger partial charge < -0.3 is 14.3 Å². The summed E-state index contributed by atoms with van der Waals surface area (Å²) in [7, 11) is 0. The topological polar surface area (TPSA) is 42.5 Å². The van der Waals surface area contributed by atoms with E-state index in [0.717, 1.165) is 33.3 Å². The summed E-state index contributed by atoms with van der Waals surface area (Å²) < 4.78 is 8.36. The number of rotatable bonds is 2. The van der Waals surface area contributed by atoms with Gasteiger partial charge in [-0.05, 0) is 53.6 Å². The van der Waals surface area contributed by atoms with Crippen molar-refractivity contribution in [2.24, 2.45) is 4.99 Å². The summed E-state index contributed by atoms with van der Waals surface area (Å²) in [6.45, 7) is 0. The van der Waals surface area contributed by atoms with Crippen molar-refractivity contribution in [1.82, 2.24) is 4.57 Å². The maximum Gasteiger partial charge on any atom is 0.206 e. The van der Waals surface area contributed by atoms with Crippen LogP contribution in [-0.4, -0.2) is 9.86 Å². The average Bonchev–Trinajstić information content (AvgIpc) is 3.39. The number of anilines is 1. The lowest BCUT2D eigenvalue weighted by Gasteiger charge is -2.19. The first kappa shape index (κ1) is 18.5. The van der Waals surface area contributed by atoms with Gasteiger partial charge in [0.25, 0.3) is 0 Å². The number of nitrogens with zero attached hydrogens (tertiary/aromatic N) is 2. The van der Waals surface area contributed by atoms with Gasteiger partial charge in [-0.2, -0.15) is 0 Å². The average molecular weight is 448 g/mol. The van der Waals surface area contributed by atoms with E-state index in [1.165, 1.54) is 16.3 Å². The lowest BCUT2D eigenvalue weighted by molar-refractivity contribution is 0.625. The van der Waals surface area contributed by atoms with Gasteiger partial charge in [-0.15, -0.1) is 0 Å². The van der Waals surface area contributed by atoms with E-state index in [1.807, 2.05) is 24.3 Å². The van der Waals surface area contributed by atoms with Crippen LogP contribution in [0.25, 0.3) is 38.5 Å². The molecule has 1 unspecified atom stereocenters. The minimum Gasteiger partial charge on any atom is -0.440 e. The molecule has 2 aromatic heterocycles. The zero-order chi connectivity index (χ0) is 21.9. The fourth-order valence-corrected chi connectivity index (χ4v) is 5.17. The molecule has 6 aromatic rings. The highest BCUT2D eigenvalue weighted by molar-refractivity contribution is 6.67. The van der Waals surface area contributed by atoms with Gasteiger partial charge >= 0.3 is 0 Å². The maximum absolute atomic E-state index is 6.39. The number of nitrogens with one attached hydrogen (secondary N) is 1. The molecule has 1 atom stereocenters. The van der Waals surface area contributed by atoms with Crippen LogP contribution >= 0.6 is 11.6 Å². The molecule has 0 saturated carbocycles. The lowest BCUT2D eigenvalue weighted by Crippen LogP contribution is -2.15. The Kier molecular flexibility index (Phi) is 3.93. The van der Waals surface area contributed by atoms with E-state index in [9.17, 15) is 0 Å². The van der Waals surface area contributed by atoms with Crippen molar-refractivity contribution in [2.75, 3.05) is 5.32 Å². The van der Waals surface area contributed by atoms with Gasteiger partial charge in [0.2, 0.25) is 5.88 Å². The summed E-state index contributed by atoms with van der Waals surface area (Å²) in [6, 6.07) is 33.3. The number of aromatic nitrogens is 1. The Bertz CT molecular complexity index is 1710. The van der Waals surface area contributed by atoms with Crippen molar-refractivity contribution in [1.29, 1.82) is 0 Å². The van der Waals surface area contributed by atoms with Crippen molar-refractivity contribution in [3.05, 3.63) is 108 Å². The number of hydrogen-bond donors (Lipinski definition) is 1. The molecule has 0 fully saturated rings.